The first-order valence-corrected chi connectivity index (χ1v) is 12.1. The number of hydrogen-bond donors (Lipinski definition) is 1. The Morgan fingerprint density at radius 3 is 2.27 bits per heavy atom. The van der Waals surface area contributed by atoms with Crippen LogP contribution >= 0.6 is 0 Å². The number of amides is 2. The van der Waals surface area contributed by atoms with Crippen molar-refractivity contribution in [2.24, 2.45) is 0 Å². The number of carboxylic acids is 1. The van der Waals surface area contributed by atoms with Gasteiger partial charge < -0.3 is 19.6 Å². The lowest BCUT2D eigenvalue weighted by atomic mass is 9.98. The van der Waals surface area contributed by atoms with Gasteiger partial charge in [0.1, 0.15) is 19.7 Å². The van der Waals surface area contributed by atoms with Gasteiger partial charge in [0, 0.05) is 30.7 Å². The molecule has 0 spiro atoms. The standard InChI is InChI=1S/C28H28N2O7/c1-18-14-30(25(32)13-24(18)31)15-26(33)29(16-27(34)35)12-6-11-28(36)37-17-23-21-9-4-2-7-19(21)20-8-3-5-10-22(20)23/h2-5,7-10,14,23H,6,11-13,15-17H2,1H3,(H,34,35). The number of hydrogen-bond acceptors (Lipinski definition) is 6. The third-order valence-electron chi connectivity index (χ3n) is 6.59. The highest BCUT2D eigenvalue weighted by Gasteiger charge is 2.29. The molecule has 0 fully saturated rings. The van der Waals surface area contributed by atoms with Crippen molar-refractivity contribution in [2.45, 2.75) is 32.1 Å². The molecule has 37 heavy (non-hydrogen) atoms. The van der Waals surface area contributed by atoms with Crippen LogP contribution in [0.2, 0.25) is 0 Å². The van der Waals surface area contributed by atoms with Gasteiger partial charge >= 0.3 is 11.9 Å². The molecule has 1 heterocycles. The highest BCUT2D eigenvalue weighted by molar-refractivity contribution is 6.09. The SMILES string of the molecule is CC1=CN(CC(=O)N(CCCC(=O)OCC2c3ccccc3-c3ccccc32)CC(=O)O)C(=O)CC1=O. The number of carbonyl (C=O) groups excluding carboxylic acids is 4. The fourth-order valence-electron chi connectivity index (χ4n) is 4.69. The van der Waals surface area contributed by atoms with Gasteiger partial charge in [-0.05, 0) is 35.6 Å². The molecule has 1 N–H and O–H groups in total. The maximum Gasteiger partial charge on any atom is 0.323 e. The van der Waals surface area contributed by atoms with Crippen LogP contribution in [0.5, 0.6) is 0 Å². The van der Waals surface area contributed by atoms with Gasteiger partial charge in [-0.1, -0.05) is 48.5 Å². The second-order valence-electron chi connectivity index (χ2n) is 9.16. The first-order valence-electron chi connectivity index (χ1n) is 12.1. The van der Waals surface area contributed by atoms with E-state index in [0.29, 0.717) is 5.57 Å². The number of carboxylic acid groups (broad SMARTS) is 1. The highest BCUT2D eigenvalue weighted by Crippen LogP contribution is 2.44. The van der Waals surface area contributed by atoms with Crippen molar-refractivity contribution in [3.63, 3.8) is 0 Å². The number of Topliss-reactive ketones (excluding diaryl/α,β-unsaturated/α-hetero) is 1. The van der Waals surface area contributed by atoms with E-state index in [1.165, 1.54) is 6.20 Å². The minimum absolute atomic E-state index is 0.00949. The molecule has 0 unspecified atom stereocenters. The lowest BCUT2D eigenvalue weighted by Gasteiger charge is -2.26. The number of ketones is 1. The zero-order valence-electron chi connectivity index (χ0n) is 20.5. The summed E-state index contributed by atoms with van der Waals surface area (Å²) in [5, 5.41) is 9.22. The summed E-state index contributed by atoms with van der Waals surface area (Å²) in [4.78, 5) is 62.4. The number of allylic oxidation sites excluding steroid dienone is 1. The predicted molar refractivity (Wildman–Crippen MR) is 133 cm³/mol. The predicted octanol–water partition coefficient (Wildman–Crippen LogP) is 2.74. The molecule has 2 amide bonds. The van der Waals surface area contributed by atoms with Crippen molar-refractivity contribution in [1.82, 2.24) is 9.80 Å². The molecule has 0 saturated carbocycles. The summed E-state index contributed by atoms with van der Waals surface area (Å²) in [6, 6.07) is 16.0. The summed E-state index contributed by atoms with van der Waals surface area (Å²) in [5.41, 5.74) is 4.82. The van der Waals surface area contributed by atoms with Gasteiger partial charge in [0.2, 0.25) is 11.8 Å². The Morgan fingerprint density at radius 1 is 1.03 bits per heavy atom. The number of carbonyl (C=O) groups is 5. The van der Waals surface area contributed by atoms with E-state index in [1.54, 1.807) is 6.92 Å². The van der Waals surface area contributed by atoms with Crippen molar-refractivity contribution in [3.8, 4) is 11.1 Å². The van der Waals surface area contributed by atoms with Crippen LogP contribution in [-0.2, 0) is 28.7 Å². The molecule has 0 aromatic heterocycles. The van der Waals surface area contributed by atoms with E-state index < -0.39 is 30.3 Å². The number of aliphatic carboxylic acids is 1. The van der Waals surface area contributed by atoms with Gasteiger partial charge in [0.05, 0.1) is 6.42 Å². The topological polar surface area (TPSA) is 121 Å². The zero-order chi connectivity index (χ0) is 26.5. The molecular formula is C28H28N2O7. The molecule has 0 atom stereocenters. The molecule has 0 saturated heterocycles. The molecule has 192 valence electrons. The Hall–Kier alpha value is -4.27. The van der Waals surface area contributed by atoms with Gasteiger partial charge in [0.25, 0.3) is 0 Å². The van der Waals surface area contributed by atoms with E-state index in [-0.39, 0.29) is 50.7 Å². The smallest absolute Gasteiger partial charge is 0.323 e. The number of nitrogens with zero attached hydrogens (tertiary/aromatic N) is 2. The van der Waals surface area contributed by atoms with E-state index >= 15 is 0 Å². The monoisotopic (exact) mass is 504 g/mol. The maximum atomic E-state index is 12.7. The van der Waals surface area contributed by atoms with Crippen LogP contribution in [0, 0.1) is 0 Å². The molecular weight excluding hydrogens is 476 g/mol. The van der Waals surface area contributed by atoms with E-state index in [1.807, 2.05) is 36.4 Å². The second-order valence-corrected chi connectivity index (χ2v) is 9.16. The van der Waals surface area contributed by atoms with E-state index in [4.69, 9.17) is 4.74 Å². The number of ether oxygens (including phenoxy) is 1. The minimum Gasteiger partial charge on any atom is -0.480 e. The number of esters is 1. The van der Waals surface area contributed by atoms with E-state index in [9.17, 15) is 29.1 Å². The molecule has 9 heteroatoms. The van der Waals surface area contributed by atoms with Gasteiger partial charge in [-0.2, -0.15) is 0 Å². The molecule has 9 nitrogen and oxygen atoms in total. The Balaban J connectivity index is 1.31. The van der Waals surface area contributed by atoms with Crippen molar-refractivity contribution in [2.75, 3.05) is 26.2 Å². The van der Waals surface area contributed by atoms with Crippen LogP contribution < -0.4 is 0 Å². The van der Waals surface area contributed by atoms with Crippen LogP contribution in [0.4, 0.5) is 0 Å². The first-order chi connectivity index (χ1) is 17.7. The van der Waals surface area contributed by atoms with Gasteiger partial charge in [-0.15, -0.1) is 0 Å². The normalized spacial score (nSPS) is 14.6. The molecule has 2 aliphatic rings. The van der Waals surface area contributed by atoms with Crippen molar-refractivity contribution in [1.29, 1.82) is 0 Å². The average Bonchev–Trinajstić information content (AvgIpc) is 3.19. The van der Waals surface area contributed by atoms with Gasteiger partial charge in [-0.25, -0.2) is 0 Å². The van der Waals surface area contributed by atoms with Gasteiger partial charge in [0.15, 0.2) is 5.78 Å². The molecule has 2 aromatic carbocycles. The summed E-state index contributed by atoms with van der Waals surface area (Å²) in [6.07, 6.45) is 1.20. The zero-order valence-corrected chi connectivity index (χ0v) is 20.5. The largest absolute Gasteiger partial charge is 0.480 e. The lowest BCUT2D eigenvalue weighted by Crippen LogP contribution is -2.45. The summed E-state index contributed by atoms with van der Waals surface area (Å²) >= 11 is 0. The average molecular weight is 505 g/mol. The molecule has 1 aliphatic carbocycles. The van der Waals surface area contributed by atoms with Crippen LogP contribution in [0.25, 0.3) is 11.1 Å². The molecule has 0 bridgehead atoms. The molecule has 0 radical (unpaired) electrons. The fourth-order valence-corrected chi connectivity index (χ4v) is 4.69. The van der Waals surface area contributed by atoms with Crippen LogP contribution in [-0.4, -0.2) is 70.7 Å². The molecule has 2 aromatic rings. The first kappa shape index (κ1) is 25.8. The third-order valence-corrected chi connectivity index (χ3v) is 6.59. The lowest BCUT2D eigenvalue weighted by molar-refractivity contribution is -0.146. The quantitative estimate of drug-likeness (QED) is 0.390. The van der Waals surface area contributed by atoms with Crippen LogP contribution in [0.15, 0.2) is 60.3 Å². The van der Waals surface area contributed by atoms with Gasteiger partial charge in [-0.3, -0.25) is 24.0 Å². The second kappa shape index (κ2) is 11.2. The summed E-state index contributed by atoms with van der Waals surface area (Å²) in [7, 11) is 0. The van der Waals surface area contributed by atoms with E-state index in [0.717, 1.165) is 32.1 Å². The fraction of sp³-hybridized carbons (Fsp3) is 0.321. The van der Waals surface area contributed by atoms with Crippen LogP contribution in [0.3, 0.4) is 0 Å². The van der Waals surface area contributed by atoms with Crippen LogP contribution in [0.1, 0.15) is 43.2 Å². The number of benzene rings is 2. The van der Waals surface area contributed by atoms with Crippen molar-refractivity contribution >= 4 is 29.5 Å². The molecule has 4 rings (SSSR count). The Kier molecular flexibility index (Phi) is 7.81. The molecule has 1 aliphatic heterocycles. The summed E-state index contributed by atoms with van der Waals surface area (Å²) in [5.74, 6) is -3.11. The Morgan fingerprint density at radius 2 is 1.65 bits per heavy atom. The summed E-state index contributed by atoms with van der Waals surface area (Å²) in [6.45, 7) is 0.815. The third kappa shape index (κ3) is 5.94. The Labute approximate surface area is 214 Å². The van der Waals surface area contributed by atoms with E-state index in [2.05, 4.69) is 12.1 Å². The Bertz CT molecular complexity index is 1240. The maximum absolute atomic E-state index is 12.7. The van der Waals surface area contributed by atoms with Crippen molar-refractivity contribution < 1.29 is 33.8 Å². The van der Waals surface area contributed by atoms with Crippen molar-refractivity contribution in [3.05, 3.63) is 71.4 Å². The number of rotatable bonds is 10. The number of fused-ring (bicyclic) bond motifs is 3. The minimum atomic E-state index is -1.21. The highest BCUT2D eigenvalue weighted by atomic mass is 16.5. The summed E-state index contributed by atoms with van der Waals surface area (Å²) < 4.78 is 5.57.